The van der Waals surface area contributed by atoms with Gasteiger partial charge in [0.2, 0.25) is 9.84 Å². The Morgan fingerprint density at radius 3 is 2.32 bits per heavy atom. The van der Waals surface area contributed by atoms with Crippen molar-refractivity contribution in [3.05, 3.63) is 78.4 Å². The van der Waals surface area contributed by atoms with Gasteiger partial charge in [-0.2, -0.15) is 0 Å². The molecule has 1 saturated heterocycles. The summed E-state index contributed by atoms with van der Waals surface area (Å²) in [5.74, 6) is 0.387. The summed E-state index contributed by atoms with van der Waals surface area (Å²) in [7, 11) is -3.86. The highest BCUT2D eigenvalue weighted by Gasteiger charge is 2.26. The number of hydrogen-bond donors (Lipinski definition) is 1. The lowest BCUT2D eigenvalue weighted by atomic mass is 9.97. The zero-order valence-electron chi connectivity index (χ0n) is 21.0. The number of carboxylic acid groups (broad SMARTS) is 1. The summed E-state index contributed by atoms with van der Waals surface area (Å²) >= 11 is 0. The first-order valence-electron chi connectivity index (χ1n) is 12.7. The molecule has 4 rings (SSSR count). The van der Waals surface area contributed by atoms with Crippen LogP contribution in [0.3, 0.4) is 0 Å². The van der Waals surface area contributed by atoms with Gasteiger partial charge in [0, 0.05) is 6.54 Å². The van der Waals surface area contributed by atoms with Crippen molar-refractivity contribution in [1.82, 2.24) is 4.90 Å². The molecular formula is C29H33NO6S. The number of likely N-dealkylation sites (tertiary alicyclic amines) is 1. The van der Waals surface area contributed by atoms with E-state index >= 15 is 0 Å². The van der Waals surface area contributed by atoms with Crippen molar-refractivity contribution in [2.75, 3.05) is 19.7 Å². The molecule has 37 heavy (non-hydrogen) atoms. The lowest BCUT2D eigenvalue weighted by molar-refractivity contribution is -0.143. The highest BCUT2D eigenvalue weighted by Crippen LogP contribution is 2.35. The number of benzene rings is 3. The Balaban J connectivity index is 1.59. The van der Waals surface area contributed by atoms with Gasteiger partial charge in [-0.1, -0.05) is 37.6 Å². The second-order valence-electron chi connectivity index (χ2n) is 9.26. The third-order valence-electron chi connectivity index (χ3n) is 6.51. The zero-order chi connectivity index (χ0) is 26.3. The van der Waals surface area contributed by atoms with Gasteiger partial charge in [0.1, 0.15) is 22.1 Å². The van der Waals surface area contributed by atoms with E-state index in [0.717, 1.165) is 18.4 Å². The summed E-state index contributed by atoms with van der Waals surface area (Å²) in [5, 5.41) is 9.26. The number of rotatable bonds is 11. The van der Waals surface area contributed by atoms with E-state index in [-0.39, 0.29) is 21.5 Å². The maximum Gasteiger partial charge on any atom is 0.306 e. The first kappa shape index (κ1) is 26.7. The van der Waals surface area contributed by atoms with Crippen molar-refractivity contribution < 1.29 is 27.8 Å². The molecular weight excluding hydrogens is 490 g/mol. The molecule has 3 aromatic carbocycles. The van der Waals surface area contributed by atoms with Crippen LogP contribution in [0.25, 0.3) is 0 Å². The van der Waals surface area contributed by atoms with Crippen LogP contribution in [-0.2, 0) is 21.2 Å². The van der Waals surface area contributed by atoms with Crippen LogP contribution in [0.1, 0.15) is 38.2 Å². The third-order valence-corrected chi connectivity index (χ3v) is 8.32. The second kappa shape index (κ2) is 12.3. The van der Waals surface area contributed by atoms with E-state index < -0.39 is 15.8 Å². The van der Waals surface area contributed by atoms with E-state index in [9.17, 15) is 18.3 Å². The van der Waals surface area contributed by atoms with Crippen molar-refractivity contribution in [3.63, 3.8) is 0 Å². The van der Waals surface area contributed by atoms with Crippen molar-refractivity contribution in [2.24, 2.45) is 5.92 Å². The van der Waals surface area contributed by atoms with Gasteiger partial charge in [-0.25, -0.2) is 8.42 Å². The molecule has 0 bridgehead atoms. The number of aliphatic carboxylic acids is 1. The fraction of sp³-hybridized carbons (Fsp3) is 0.345. The summed E-state index contributed by atoms with van der Waals surface area (Å²) in [6.07, 6.45) is 3.16. The van der Waals surface area contributed by atoms with E-state index in [1.165, 1.54) is 0 Å². The second-order valence-corrected chi connectivity index (χ2v) is 11.2. The number of para-hydroxylation sites is 1. The van der Waals surface area contributed by atoms with Crippen LogP contribution in [-0.4, -0.2) is 44.1 Å². The quantitative estimate of drug-likeness (QED) is 0.318. The number of ether oxygens (including phenoxy) is 2. The lowest BCUT2D eigenvalue weighted by Gasteiger charge is -2.30. The van der Waals surface area contributed by atoms with Gasteiger partial charge in [-0.3, -0.25) is 9.69 Å². The Hall–Kier alpha value is -3.36. The van der Waals surface area contributed by atoms with Crippen LogP contribution in [0.5, 0.6) is 17.2 Å². The minimum absolute atomic E-state index is 0.0874. The Bertz CT molecular complexity index is 1280. The van der Waals surface area contributed by atoms with Crippen molar-refractivity contribution in [1.29, 1.82) is 0 Å². The smallest absolute Gasteiger partial charge is 0.306 e. The minimum atomic E-state index is -3.86. The number of unbranched alkanes of at least 4 members (excludes halogenated alkanes) is 1. The van der Waals surface area contributed by atoms with Crippen LogP contribution in [0.15, 0.2) is 82.6 Å². The number of nitrogens with zero attached hydrogens (tertiary/aromatic N) is 1. The predicted molar refractivity (Wildman–Crippen MR) is 141 cm³/mol. The predicted octanol–water partition coefficient (Wildman–Crippen LogP) is 5.79. The SMILES string of the molecule is CCCCOc1ccc(S(=O)(=O)c2ccc(CN3CCC(C(=O)O)CC3)cc2Oc2ccccc2)cc1. The normalized spacial score (nSPS) is 14.8. The van der Waals surface area contributed by atoms with Gasteiger partial charge in [0.05, 0.1) is 17.4 Å². The number of piperidine rings is 1. The molecule has 1 N–H and O–H groups in total. The van der Waals surface area contributed by atoms with Gasteiger partial charge >= 0.3 is 5.97 Å². The zero-order valence-corrected chi connectivity index (χ0v) is 21.8. The third kappa shape index (κ3) is 6.90. The van der Waals surface area contributed by atoms with Crippen molar-refractivity contribution in [2.45, 2.75) is 48.9 Å². The van der Waals surface area contributed by atoms with E-state index in [2.05, 4.69) is 11.8 Å². The van der Waals surface area contributed by atoms with Gasteiger partial charge in [-0.15, -0.1) is 0 Å². The average Bonchev–Trinajstić information content (AvgIpc) is 2.90. The van der Waals surface area contributed by atoms with E-state index in [1.807, 2.05) is 18.2 Å². The molecule has 1 aliphatic rings. The Morgan fingerprint density at radius 2 is 1.68 bits per heavy atom. The maximum atomic E-state index is 13.6. The molecule has 0 aliphatic carbocycles. The Kier molecular flexibility index (Phi) is 8.84. The molecule has 8 heteroatoms. The number of carboxylic acids is 1. The molecule has 1 aliphatic heterocycles. The fourth-order valence-electron chi connectivity index (χ4n) is 4.34. The molecule has 1 heterocycles. The van der Waals surface area contributed by atoms with Crippen LogP contribution in [0, 0.1) is 5.92 Å². The van der Waals surface area contributed by atoms with E-state index in [1.54, 1.807) is 54.6 Å². The summed E-state index contributed by atoms with van der Waals surface area (Å²) in [4.78, 5) is 13.7. The summed E-state index contributed by atoms with van der Waals surface area (Å²) in [6.45, 7) is 4.62. The fourth-order valence-corrected chi connectivity index (χ4v) is 5.70. The number of hydrogen-bond acceptors (Lipinski definition) is 6. The summed E-state index contributed by atoms with van der Waals surface area (Å²) < 4.78 is 39.0. The van der Waals surface area contributed by atoms with Crippen LogP contribution >= 0.6 is 0 Å². The topological polar surface area (TPSA) is 93.1 Å². The molecule has 0 aromatic heterocycles. The average molecular weight is 524 g/mol. The standard InChI is InChI=1S/C29H33NO6S/c1-2-3-19-35-24-10-12-26(13-11-24)37(33,34)28-14-9-22(20-27(28)36-25-7-5-4-6-8-25)21-30-17-15-23(16-18-30)29(31)32/h4-14,20,23H,2-3,15-19,21H2,1H3,(H,31,32). The Labute approximate surface area is 218 Å². The Morgan fingerprint density at radius 1 is 0.973 bits per heavy atom. The van der Waals surface area contributed by atoms with Gasteiger partial charge in [0.15, 0.2) is 0 Å². The molecule has 0 radical (unpaired) electrons. The molecule has 196 valence electrons. The molecule has 0 amide bonds. The molecule has 0 spiro atoms. The highest BCUT2D eigenvalue weighted by atomic mass is 32.2. The number of carbonyl (C=O) groups is 1. The van der Waals surface area contributed by atoms with Crippen LogP contribution in [0.4, 0.5) is 0 Å². The largest absolute Gasteiger partial charge is 0.494 e. The van der Waals surface area contributed by atoms with Crippen molar-refractivity contribution >= 4 is 15.8 Å². The van der Waals surface area contributed by atoms with Crippen LogP contribution in [0.2, 0.25) is 0 Å². The van der Waals surface area contributed by atoms with Gasteiger partial charge < -0.3 is 14.6 Å². The first-order chi connectivity index (χ1) is 17.9. The maximum absolute atomic E-state index is 13.6. The molecule has 0 saturated carbocycles. The molecule has 0 atom stereocenters. The monoisotopic (exact) mass is 523 g/mol. The van der Waals surface area contributed by atoms with Gasteiger partial charge in [-0.05, 0) is 86.4 Å². The van der Waals surface area contributed by atoms with E-state index in [0.29, 0.717) is 50.6 Å². The summed E-state index contributed by atoms with van der Waals surface area (Å²) in [5.41, 5.74) is 0.901. The molecule has 7 nitrogen and oxygen atoms in total. The van der Waals surface area contributed by atoms with E-state index in [4.69, 9.17) is 9.47 Å². The molecule has 1 fully saturated rings. The number of sulfone groups is 1. The highest BCUT2D eigenvalue weighted by molar-refractivity contribution is 7.91. The van der Waals surface area contributed by atoms with Gasteiger partial charge in [0.25, 0.3) is 0 Å². The molecule has 0 unspecified atom stereocenters. The van der Waals surface area contributed by atoms with Crippen molar-refractivity contribution in [3.8, 4) is 17.2 Å². The first-order valence-corrected chi connectivity index (χ1v) is 14.1. The minimum Gasteiger partial charge on any atom is -0.494 e. The lowest BCUT2D eigenvalue weighted by Crippen LogP contribution is -2.35. The summed E-state index contributed by atoms with van der Waals surface area (Å²) in [6, 6.07) is 20.7. The van der Waals surface area contributed by atoms with Crippen LogP contribution < -0.4 is 9.47 Å². The molecule has 3 aromatic rings.